The van der Waals surface area contributed by atoms with Crippen LogP contribution in [-0.2, 0) is 27.5 Å². The highest BCUT2D eigenvalue weighted by Gasteiger charge is 2.53. The summed E-state index contributed by atoms with van der Waals surface area (Å²) in [5.74, 6) is -0.157. The van der Waals surface area contributed by atoms with Gasteiger partial charge in [0.1, 0.15) is 5.75 Å². The number of urea groups is 1. The number of rotatable bonds is 6. The average Bonchev–Trinajstić information content (AvgIpc) is 3.22. The van der Waals surface area contributed by atoms with Crippen LogP contribution in [0.5, 0.6) is 5.75 Å². The smallest absolute Gasteiger partial charge is 0.337 e. The fourth-order valence-electron chi connectivity index (χ4n) is 4.49. The van der Waals surface area contributed by atoms with Gasteiger partial charge in [-0.1, -0.05) is 19.1 Å². The topological polar surface area (TPSA) is 93.2 Å². The van der Waals surface area contributed by atoms with Crippen molar-refractivity contribution in [3.05, 3.63) is 59.2 Å². The number of carbonyl (C=O) groups excluding carboxylic acids is 2. The molecule has 0 bridgehead atoms. The highest BCUT2D eigenvalue weighted by atomic mass is 32.2. The fourth-order valence-corrected chi connectivity index (χ4v) is 6.44. The lowest BCUT2D eigenvalue weighted by atomic mass is 10.1. The highest BCUT2D eigenvalue weighted by Crippen LogP contribution is 2.37. The van der Waals surface area contributed by atoms with E-state index in [9.17, 15) is 18.0 Å². The summed E-state index contributed by atoms with van der Waals surface area (Å²) in [5, 5.41) is 0. The number of sulfone groups is 1. The van der Waals surface area contributed by atoms with Crippen molar-refractivity contribution < 1.29 is 27.5 Å². The number of fused-ring (bicyclic) bond motifs is 1. The maximum absolute atomic E-state index is 13.5. The van der Waals surface area contributed by atoms with Crippen LogP contribution in [0.4, 0.5) is 10.5 Å². The molecular weight excluding hydrogens is 432 g/mol. The number of nitrogens with zero attached hydrogens (tertiary/aromatic N) is 2. The van der Waals surface area contributed by atoms with E-state index in [1.165, 1.54) is 14.2 Å². The molecule has 2 aromatic carbocycles. The molecule has 2 fully saturated rings. The van der Waals surface area contributed by atoms with Crippen LogP contribution in [0.15, 0.2) is 42.5 Å². The Kier molecular flexibility index (Phi) is 5.85. The second kappa shape index (κ2) is 8.46. The third-order valence-electron chi connectivity index (χ3n) is 6.14. The van der Waals surface area contributed by atoms with E-state index in [1.807, 2.05) is 31.2 Å². The molecule has 0 saturated carbocycles. The number of methoxy groups -OCH3 is 2. The molecule has 170 valence electrons. The van der Waals surface area contributed by atoms with E-state index < -0.39 is 27.9 Å². The van der Waals surface area contributed by atoms with Gasteiger partial charge in [0, 0.05) is 11.3 Å². The molecule has 0 unspecified atom stereocenters. The Labute approximate surface area is 187 Å². The van der Waals surface area contributed by atoms with E-state index >= 15 is 0 Å². The van der Waals surface area contributed by atoms with Gasteiger partial charge in [-0.3, -0.25) is 4.90 Å². The van der Waals surface area contributed by atoms with Gasteiger partial charge in [-0.2, -0.15) is 0 Å². The van der Waals surface area contributed by atoms with Crippen molar-refractivity contribution in [1.29, 1.82) is 0 Å². The molecule has 2 heterocycles. The monoisotopic (exact) mass is 458 g/mol. The number of ether oxygens (including phenoxy) is 2. The quantitative estimate of drug-likeness (QED) is 0.488. The molecule has 0 aliphatic carbocycles. The molecule has 2 aromatic rings. The van der Waals surface area contributed by atoms with Crippen molar-refractivity contribution in [2.75, 3.05) is 30.6 Å². The van der Waals surface area contributed by atoms with E-state index in [4.69, 9.17) is 9.47 Å². The Morgan fingerprint density at radius 3 is 2.38 bits per heavy atom. The fraction of sp³-hybridized carbons (Fsp3) is 0.391. The van der Waals surface area contributed by atoms with Gasteiger partial charge >= 0.3 is 12.0 Å². The van der Waals surface area contributed by atoms with Gasteiger partial charge in [0.25, 0.3) is 0 Å². The molecule has 0 aromatic heterocycles. The first-order valence-electron chi connectivity index (χ1n) is 10.4. The molecular formula is C23H26N2O6S. The van der Waals surface area contributed by atoms with Crippen LogP contribution in [0.2, 0.25) is 0 Å². The SMILES string of the molecule is CCc1ccc(N2C(=O)N(Cc3cc(C(=O)OC)ccc3OC)[C@H]3CS(=O)(=O)C[C@@H]32)cc1. The van der Waals surface area contributed by atoms with Crippen molar-refractivity contribution in [1.82, 2.24) is 4.90 Å². The van der Waals surface area contributed by atoms with Crippen LogP contribution < -0.4 is 9.64 Å². The van der Waals surface area contributed by atoms with Crippen molar-refractivity contribution in [3.8, 4) is 5.75 Å². The van der Waals surface area contributed by atoms with Crippen LogP contribution in [0, 0.1) is 0 Å². The Hall–Kier alpha value is -3.07. The van der Waals surface area contributed by atoms with E-state index in [-0.39, 0.29) is 24.1 Å². The molecule has 2 atom stereocenters. The lowest BCUT2D eigenvalue weighted by molar-refractivity contribution is 0.0600. The number of benzene rings is 2. The Bertz CT molecular complexity index is 1150. The summed E-state index contributed by atoms with van der Waals surface area (Å²) in [5.41, 5.74) is 2.75. The molecule has 2 aliphatic heterocycles. The maximum Gasteiger partial charge on any atom is 0.337 e. The third-order valence-corrected chi connectivity index (χ3v) is 7.84. The van der Waals surface area contributed by atoms with Crippen LogP contribution in [0.3, 0.4) is 0 Å². The zero-order valence-corrected chi connectivity index (χ0v) is 19.1. The lowest BCUT2D eigenvalue weighted by Crippen LogP contribution is -2.37. The Morgan fingerprint density at radius 1 is 1.06 bits per heavy atom. The van der Waals surface area contributed by atoms with Gasteiger partial charge in [-0.25, -0.2) is 18.0 Å². The minimum Gasteiger partial charge on any atom is -0.496 e. The zero-order valence-electron chi connectivity index (χ0n) is 18.3. The second-order valence-electron chi connectivity index (χ2n) is 8.03. The Balaban J connectivity index is 1.71. The molecule has 32 heavy (non-hydrogen) atoms. The molecule has 0 N–H and O–H groups in total. The number of anilines is 1. The van der Waals surface area contributed by atoms with Gasteiger partial charge in [-0.05, 0) is 42.3 Å². The van der Waals surface area contributed by atoms with Crippen LogP contribution >= 0.6 is 0 Å². The average molecular weight is 459 g/mol. The van der Waals surface area contributed by atoms with Gasteiger partial charge in [0.15, 0.2) is 9.84 Å². The van der Waals surface area contributed by atoms with Gasteiger partial charge in [0.05, 0.1) is 49.9 Å². The highest BCUT2D eigenvalue weighted by molar-refractivity contribution is 7.91. The van der Waals surface area contributed by atoms with Crippen molar-refractivity contribution in [3.63, 3.8) is 0 Å². The molecule has 9 heteroatoms. The number of amides is 2. The van der Waals surface area contributed by atoms with Crippen molar-refractivity contribution in [2.24, 2.45) is 0 Å². The number of hydrogen-bond acceptors (Lipinski definition) is 6. The molecule has 0 spiro atoms. The molecule has 2 amide bonds. The lowest BCUT2D eigenvalue weighted by Gasteiger charge is -2.23. The normalized spacial score (nSPS) is 21.5. The first-order valence-corrected chi connectivity index (χ1v) is 12.2. The van der Waals surface area contributed by atoms with E-state index in [1.54, 1.807) is 28.0 Å². The molecule has 8 nitrogen and oxygen atoms in total. The zero-order chi connectivity index (χ0) is 23.0. The van der Waals surface area contributed by atoms with Crippen LogP contribution in [-0.4, -0.2) is 63.1 Å². The standard InChI is InChI=1S/C23H26N2O6S/c1-4-15-5-8-18(9-6-15)25-20-14-32(28,29)13-19(20)24(23(25)27)12-17-11-16(22(26)31-3)7-10-21(17)30-2/h5-11,19-20H,4,12-14H2,1-3H3/t19-,20-/m0/s1. The maximum atomic E-state index is 13.5. The number of esters is 1. The first-order chi connectivity index (χ1) is 15.3. The van der Waals surface area contributed by atoms with Crippen molar-refractivity contribution in [2.45, 2.75) is 32.0 Å². The van der Waals surface area contributed by atoms with Gasteiger partial charge in [0.2, 0.25) is 0 Å². The summed E-state index contributed by atoms with van der Waals surface area (Å²) in [6.07, 6.45) is 0.872. The number of carbonyl (C=O) groups is 2. The minimum absolute atomic E-state index is 0.0746. The molecule has 2 aliphatic rings. The van der Waals surface area contributed by atoms with Crippen LogP contribution in [0.1, 0.15) is 28.4 Å². The summed E-state index contributed by atoms with van der Waals surface area (Å²) >= 11 is 0. The van der Waals surface area contributed by atoms with E-state index in [0.29, 0.717) is 22.6 Å². The molecule has 0 radical (unpaired) electrons. The summed E-state index contributed by atoms with van der Waals surface area (Å²) in [4.78, 5) is 28.6. The summed E-state index contributed by atoms with van der Waals surface area (Å²) in [6, 6.07) is 11.3. The van der Waals surface area contributed by atoms with E-state index in [2.05, 4.69) is 0 Å². The van der Waals surface area contributed by atoms with E-state index in [0.717, 1.165) is 12.0 Å². The summed E-state index contributed by atoms with van der Waals surface area (Å²) in [7, 11) is -0.486. The second-order valence-corrected chi connectivity index (χ2v) is 10.2. The third kappa shape index (κ3) is 3.92. The minimum atomic E-state index is -3.29. The van der Waals surface area contributed by atoms with Gasteiger partial charge < -0.3 is 14.4 Å². The molecule has 2 saturated heterocycles. The largest absolute Gasteiger partial charge is 0.496 e. The predicted molar refractivity (Wildman–Crippen MR) is 120 cm³/mol. The Morgan fingerprint density at radius 2 is 1.75 bits per heavy atom. The summed E-state index contributed by atoms with van der Waals surface area (Å²) < 4.78 is 35.2. The first kappa shape index (κ1) is 22.1. The number of hydrogen-bond donors (Lipinski definition) is 0. The molecule has 4 rings (SSSR count). The van der Waals surface area contributed by atoms with Gasteiger partial charge in [-0.15, -0.1) is 0 Å². The summed E-state index contributed by atoms with van der Waals surface area (Å²) in [6.45, 7) is 2.17. The number of aryl methyl sites for hydroxylation is 1. The van der Waals surface area contributed by atoms with Crippen LogP contribution in [0.25, 0.3) is 0 Å². The predicted octanol–water partition coefficient (Wildman–Crippen LogP) is 2.65. The van der Waals surface area contributed by atoms with Crippen molar-refractivity contribution >= 4 is 27.5 Å².